The summed E-state index contributed by atoms with van der Waals surface area (Å²) in [4.78, 5) is 12.2. The number of nitrogen functional groups attached to an aromatic ring is 1. The SMILES string of the molecule is CCOc1cc(N)cc(C(=O)NCC(C)(O)CC(C)C)c1. The molecule has 0 aliphatic carbocycles. The molecule has 5 heteroatoms. The van der Waals surface area contributed by atoms with Crippen molar-refractivity contribution in [2.24, 2.45) is 5.92 Å². The molecule has 1 amide bonds. The van der Waals surface area contributed by atoms with Gasteiger partial charge in [-0.3, -0.25) is 4.79 Å². The van der Waals surface area contributed by atoms with E-state index in [4.69, 9.17) is 10.5 Å². The molecule has 0 saturated heterocycles. The molecule has 0 aliphatic heterocycles. The largest absolute Gasteiger partial charge is 0.494 e. The molecular formula is C16H26N2O3. The second-order valence-electron chi connectivity index (χ2n) is 6.00. The second-order valence-corrected chi connectivity index (χ2v) is 6.00. The van der Waals surface area contributed by atoms with Crippen LogP contribution in [0.5, 0.6) is 5.75 Å². The first-order chi connectivity index (χ1) is 9.73. The van der Waals surface area contributed by atoms with Crippen molar-refractivity contribution in [2.75, 3.05) is 18.9 Å². The van der Waals surface area contributed by atoms with Crippen molar-refractivity contribution >= 4 is 11.6 Å². The van der Waals surface area contributed by atoms with E-state index in [2.05, 4.69) is 5.32 Å². The molecule has 0 fully saturated rings. The number of aliphatic hydroxyl groups is 1. The van der Waals surface area contributed by atoms with E-state index >= 15 is 0 Å². The van der Waals surface area contributed by atoms with Gasteiger partial charge in [0.1, 0.15) is 5.75 Å². The Labute approximate surface area is 126 Å². The molecule has 118 valence electrons. The van der Waals surface area contributed by atoms with Crippen LogP contribution in [0.25, 0.3) is 0 Å². The number of hydrogen-bond donors (Lipinski definition) is 3. The van der Waals surface area contributed by atoms with Gasteiger partial charge in [0.05, 0.1) is 12.2 Å². The number of anilines is 1. The van der Waals surface area contributed by atoms with Crippen molar-refractivity contribution < 1.29 is 14.6 Å². The lowest BCUT2D eigenvalue weighted by Gasteiger charge is -2.25. The van der Waals surface area contributed by atoms with Crippen molar-refractivity contribution in [3.8, 4) is 5.75 Å². The Bertz CT molecular complexity index is 484. The number of rotatable bonds is 7. The first-order valence-corrected chi connectivity index (χ1v) is 7.27. The predicted octanol–water partition coefficient (Wildman–Crippen LogP) is 2.19. The number of ether oxygens (including phenoxy) is 1. The average molecular weight is 294 g/mol. The van der Waals surface area contributed by atoms with Gasteiger partial charge >= 0.3 is 0 Å². The first-order valence-electron chi connectivity index (χ1n) is 7.27. The van der Waals surface area contributed by atoms with Crippen molar-refractivity contribution in [1.82, 2.24) is 5.32 Å². The Morgan fingerprint density at radius 3 is 2.67 bits per heavy atom. The highest BCUT2D eigenvalue weighted by Crippen LogP contribution is 2.19. The summed E-state index contributed by atoms with van der Waals surface area (Å²) >= 11 is 0. The maximum atomic E-state index is 12.2. The fourth-order valence-corrected chi connectivity index (χ4v) is 2.33. The van der Waals surface area contributed by atoms with Crippen LogP contribution in [0, 0.1) is 5.92 Å². The fourth-order valence-electron chi connectivity index (χ4n) is 2.33. The van der Waals surface area contributed by atoms with Crippen LogP contribution in [0.3, 0.4) is 0 Å². The number of amides is 1. The molecule has 1 unspecified atom stereocenters. The van der Waals surface area contributed by atoms with E-state index in [1.165, 1.54) is 0 Å². The quantitative estimate of drug-likeness (QED) is 0.673. The summed E-state index contributed by atoms with van der Waals surface area (Å²) in [5.74, 6) is 0.651. The minimum atomic E-state index is -0.924. The number of hydrogen-bond acceptors (Lipinski definition) is 4. The molecule has 0 saturated carbocycles. The van der Waals surface area contributed by atoms with Gasteiger partial charge in [-0.05, 0) is 38.3 Å². The van der Waals surface area contributed by atoms with Crippen LogP contribution in [-0.4, -0.2) is 29.8 Å². The number of carbonyl (C=O) groups is 1. The molecule has 4 N–H and O–H groups in total. The van der Waals surface area contributed by atoms with Gasteiger partial charge in [-0.25, -0.2) is 0 Å². The molecule has 0 aromatic heterocycles. The van der Waals surface area contributed by atoms with Crippen LogP contribution in [-0.2, 0) is 0 Å². The summed E-state index contributed by atoms with van der Waals surface area (Å²) in [5, 5.41) is 13.0. The lowest BCUT2D eigenvalue weighted by atomic mass is 9.94. The van der Waals surface area contributed by atoms with Gasteiger partial charge in [0.2, 0.25) is 0 Å². The maximum absolute atomic E-state index is 12.2. The molecule has 0 aliphatic rings. The zero-order valence-electron chi connectivity index (χ0n) is 13.3. The third-order valence-corrected chi connectivity index (χ3v) is 2.98. The molecule has 1 aromatic carbocycles. The van der Waals surface area contributed by atoms with E-state index < -0.39 is 5.60 Å². The molecule has 0 radical (unpaired) electrons. The van der Waals surface area contributed by atoms with E-state index in [1.807, 2.05) is 20.8 Å². The van der Waals surface area contributed by atoms with Crippen LogP contribution in [0.15, 0.2) is 18.2 Å². The number of nitrogens with two attached hydrogens (primary N) is 1. The van der Waals surface area contributed by atoms with Crippen LogP contribution in [0.1, 0.15) is 44.5 Å². The molecular weight excluding hydrogens is 268 g/mol. The fraction of sp³-hybridized carbons (Fsp3) is 0.562. The summed E-state index contributed by atoms with van der Waals surface area (Å²) in [5.41, 5.74) is 5.74. The van der Waals surface area contributed by atoms with Crippen LogP contribution in [0.4, 0.5) is 5.69 Å². The highest BCUT2D eigenvalue weighted by Gasteiger charge is 2.23. The molecule has 0 bridgehead atoms. The Balaban J connectivity index is 2.71. The summed E-state index contributed by atoms with van der Waals surface area (Å²) in [7, 11) is 0. The molecule has 21 heavy (non-hydrogen) atoms. The maximum Gasteiger partial charge on any atom is 0.251 e. The van der Waals surface area contributed by atoms with E-state index in [0.29, 0.717) is 35.9 Å². The normalized spacial score (nSPS) is 13.8. The van der Waals surface area contributed by atoms with Crippen LogP contribution < -0.4 is 15.8 Å². The van der Waals surface area contributed by atoms with Crippen molar-refractivity contribution in [2.45, 2.75) is 39.7 Å². The second kappa shape index (κ2) is 7.31. The summed E-state index contributed by atoms with van der Waals surface area (Å²) < 4.78 is 5.37. The lowest BCUT2D eigenvalue weighted by Crippen LogP contribution is -2.41. The lowest BCUT2D eigenvalue weighted by molar-refractivity contribution is 0.0368. The molecule has 0 heterocycles. The topological polar surface area (TPSA) is 84.6 Å². The average Bonchev–Trinajstić information content (AvgIpc) is 2.34. The Morgan fingerprint density at radius 2 is 2.10 bits per heavy atom. The molecule has 1 atom stereocenters. The van der Waals surface area contributed by atoms with Gasteiger partial charge in [0, 0.05) is 23.9 Å². The summed E-state index contributed by atoms with van der Waals surface area (Å²) in [6.07, 6.45) is 0.619. The molecule has 1 aromatic rings. The van der Waals surface area contributed by atoms with Gasteiger partial charge in [-0.1, -0.05) is 13.8 Å². The van der Waals surface area contributed by atoms with Crippen molar-refractivity contribution in [3.63, 3.8) is 0 Å². The Hall–Kier alpha value is -1.75. The van der Waals surface area contributed by atoms with E-state index in [0.717, 1.165) is 0 Å². The van der Waals surface area contributed by atoms with Gasteiger partial charge in [0.25, 0.3) is 5.91 Å². The van der Waals surface area contributed by atoms with Gasteiger partial charge in [-0.15, -0.1) is 0 Å². The summed E-state index contributed by atoms with van der Waals surface area (Å²) in [6, 6.07) is 4.91. The standard InChI is InChI=1S/C16H26N2O3/c1-5-21-14-7-12(6-13(17)8-14)15(19)18-10-16(4,20)9-11(2)3/h6-8,11,20H,5,9-10,17H2,1-4H3,(H,18,19). The van der Waals surface area contributed by atoms with Gasteiger partial charge in [-0.2, -0.15) is 0 Å². The van der Waals surface area contributed by atoms with Crippen molar-refractivity contribution in [1.29, 1.82) is 0 Å². The Morgan fingerprint density at radius 1 is 1.43 bits per heavy atom. The highest BCUT2D eigenvalue weighted by atomic mass is 16.5. The van der Waals surface area contributed by atoms with E-state index in [-0.39, 0.29) is 12.5 Å². The molecule has 1 rings (SSSR count). The van der Waals surface area contributed by atoms with Gasteiger partial charge in [0.15, 0.2) is 0 Å². The third-order valence-electron chi connectivity index (χ3n) is 2.98. The van der Waals surface area contributed by atoms with Crippen LogP contribution >= 0.6 is 0 Å². The number of nitrogens with one attached hydrogen (secondary N) is 1. The monoisotopic (exact) mass is 294 g/mol. The first kappa shape index (κ1) is 17.3. The Kier molecular flexibility index (Phi) is 6.03. The zero-order chi connectivity index (χ0) is 16.0. The third kappa shape index (κ3) is 6.04. The van der Waals surface area contributed by atoms with Crippen LogP contribution in [0.2, 0.25) is 0 Å². The smallest absolute Gasteiger partial charge is 0.251 e. The number of benzene rings is 1. The number of carbonyl (C=O) groups excluding carboxylic acids is 1. The minimum Gasteiger partial charge on any atom is -0.494 e. The van der Waals surface area contributed by atoms with Gasteiger partial charge < -0.3 is 20.9 Å². The van der Waals surface area contributed by atoms with E-state index in [9.17, 15) is 9.90 Å². The van der Waals surface area contributed by atoms with E-state index in [1.54, 1.807) is 25.1 Å². The van der Waals surface area contributed by atoms with Crippen molar-refractivity contribution in [3.05, 3.63) is 23.8 Å². The molecule has 5 nitrogen and oxygen atoms in total. The summed E-state index contributed by atoms with van der Waals surface area (Å²) in [6.45, 7) is 8.35. The zero-order valence-corrected chi connectivity index (χ0v) is 13.3. The molecule has 0 spiro atoms. The highest BCUT2D eigenvalue weighted by molar-refractivity contribution is 5.95. The minimum absolute atomic E-state index is 0.197. The predicted molar refractivity (Wildman–Crippen MR) is 84.4 cm³/mol.